The van der Waals surface area contributed by atoms with Crippen molar-refractivity contribution in [3.8, 4) is 5.75 Å². The second-order valence-electron chi connectivity index (χ2n) is 5.87. The van der Waals surface area contributed by atoms with E-state index in [2.05, 4.69) is 16.5 Å². The van der Waals surface area contributed by atoms with Gasteiger partial charge in [-0.1, -0.05) is 37.2 Å². The van der Waals surface area contributed by atoms with Crippen molar-refractivity contribution in [1.29, 1.82) is 0 Å². The molecule has 1 heterocycles. The number of ether oxygens (including phenoxy) is 1. The summed E-state index contributed by atoms with van der Waals surface area (Å²) in [6.07, 6.45) is 1.95. The molecule has 1 aliphatic rings. The fraction of sp³-hybridized carbons (Fsp3) is 0.533. The van der Waals surface area contributed by atoms with Gasteiger partial charge in [-0.15, -0.1) is 0 Å². The molecule has 4 N–H and O–H groups in total. The number of hydrogen-bond acceptors (Lipinski definition) is 4. The number of oxime groups is 1. The number of rotatable bonds is 6. The zero-order valence-corrected chi connectivity index (χ0v) is 12.1. The molecule has 0 fully saturated rings. The van der Waals surface area contributed by atoms with Crippen LogP contribution in [0.25, 0.3) is 0 Å². The van der Waals surface area contributed by atoms with Crippen LogP contribution >= 0.6 is 0 Å². The molecule has 0 amide bonds. The minimum atomic E-state index is -0.304. The third-order valence-corrected chi connectivity index (χ3v) is 3.81. The van der Waals surface area contributed by atoms with Gasteiger partial charge in [0.2, 0.25) is 0 Å². The highest BCUT2D eigenvalue weighted by atomic mass is 16.5. The second kappa shape index (κ2) is 6.13. The zero-order chi connectivity index (χ0) is 14.6. The molecular formula is C15H23N3O2. The first-order valence-corrected chi connectivity index (χ1v) is 6.96. The van der Waals surface area contributed by atoms with Gasteiger partial charge in [0, 0.05) is 18.4 Å². The van der Waals surface area contributed by atoms with E-state index in [4.69, 9.17) is 15.7 Å². The van der Waals surface area contributed by atoms with Gasteiger partial charge < -0.3 is 21.0 Å². The molecule has 1 unspecified atom stereocenters. The number of fused-ring (bicyclic) bond motifs is 1. The van der Waals surface area contributed by atoms with Crippen LogP contribution in [0.5, 0.6) is 5.75 Å². The average molecular weight is 277 g/mol. The highest BCUT2D eigenvalue weighted by molar-refractivity contribution is 5.85. The summed E-state index contributed by atoms with van der Waals surface area (Å²) in [5, 5.41) is 15.2. The maximum atomic E-state index is 8.72. The van der Waals surface area contributed by atoms with Crippen LogP contribution < -0.4 is 15.8 Å². The second-order valence-corrected chi connectivity index (χ2v) is 5.87. The van der Waals surface area contributed by atoms with Gasteiger partial charge >= 0.3 is 0 Å². The van der Waals surface area contributed by atoms with E-state index in [-0.39, 0.29) is 17.4 Å². The Bertz CT molecular complexity index is 461. The molecule has 110 valence electrons. The molecule has 1 atom stereocenters. The summed E-state index contributed by atoms with van der Waals surface area (Å²) in [5.41, 5.74) is 6.63. The summed E-state index contributed by atoms with van der Waals surface area (Å²) in [7, 11) is 0. The first kappa shape index (κ1) is 14.7. The van der Waals surface area contributed by atoms with Gasteiger partial charge in [-0.05, 0) is 24.6 Å². The zero-order valence-electron chi connectivity index (χ0n) is 12.1. The molecule has 1 aliphatic heterocycles. The van der Waals surface area contributed by atoms with Crippen LogP contribution in [0.2, 0.25) is 0 Å². The Morgan fingerprint density at radius 2 is 2.25 bits per heavy atom. The molecule has 20 heavy (non-hydrogen) atoms. The van der Waals surface area contributed by atoms with Crippen LogP contribution in [-0.4, -0.2) is 30.2 Å². The number of nitrogens with zero attached hydrogens (tertiary/aromatic N) is 1. The first-order valence-electron chi connectivity index (χ1n) is 6.96. The normalized spacial score (nSPS) is 18.7. The summed E-state index contributed by atoms with van der Waals surface area (Å²) in [4.78, 5) is 0. The summed E-state index contributed by atoms with van der Waals surface area (Å²) >= 11 is 0. The number of para-hydroxylation sites is 1. The number of nitrogens with one attached hydrogen (secondary N) is 1. The van der Waals surface area contributed by atoms with Gasteiger partial charge in [0.15, 0.2) is 0 Å². The quantitative estimate of drug-likeness (QED) is 0.243. The van der Waals surface area contributed by atoms with Gasteiger partial charge in [-0.3, -0.25) is 0 Å². The fourth-order valence-corrected chi connectivity index (χ4v) is 2.30. The molecule has 0 bridgehead atoms. The number of benzene rings is 1. The van der Waals surface area contributed by atoms with Crippen molar-refractivity contribution in [1.82, 2.24) is 5.32 Å². The lowest BCUT2D eigenvalue weighted by atomic mass is 9.88. The van der Waals surface area contributed by atoms with Crippen molar-refractivity contribution >= 4 is 5.84 Å². The number of amidine groups is 1. The standard InChI is InChI=1S/C15H23N3O2/c1-15(2,14(16)18-19)7-8-17-10-12-9-11-5-3-4-6-13(11)20-12/h3-6,12,17,19H,7-10H2,1-2H3,(H2,16,18). The Hall–Kier alpha value is -1.75. The molecule has 0 spiro atoms. The summed E-state index contributed by atoms with van der Waals surface area (Å²) in [6, 6.07) is 8.15. The number of nitrogens with two attached hydrogens (primary N) is 1. The molecule has 0 radical (unpaired) electrons. The Kier molecular flexibility index (Phi) is 4.49. The van der Waals surface area contributed by atoms with E-state index in [1.807, 2.05) is 32.0 Å². The van der Waals surface area contributed by atoms with E-state index in [9.17, 15) is 0 Å². The lowest BCUT2D eigenvalue weighted by Gasteiger charge is -2.23. The minimum Gasteiger partial charge on any atom is -0.488 e. The van der Waals surface area contributed by atoms with Crippen molar-refractivity contribution in [2.75, 3.05) is 13.1 Å². The molecule has 2 rings (SSSR count). The van der Waals surface area contributed by atoms with Gasteiger partial charge in [0.1, 0.15) is 17.7 Å². The van der Waals surface area contributed by atoms with Crippen LogP contribution in [0, 0.1) is 5.41 Å². The Labute approximate surface area is 119 Å². The van der Waals surface area contributed by atoms with Gasteiger partial charge in [0.05, 0.1) is 0 Å². The predicted molar refractivity (Wildman–Crippen MR) is 79.2 cm³/mol. The van der Waals surface area contributed by atoms with Gasteiger partial charge in [0.25, 0.3) is 0 Å². The highest BCUT2D eigenvalue weighted by Crippen LogP contribution is 2.27. The smallest absolute Gasteiger partial charge is 0.144 e. The fourth-order valence-electron chi connectivity index (χ4n) is 2.30. The van der Waals surface area contributed by atoms with Crippen LogP contribution in [0.15, 0.2) is 29.4 Å². The highest BCUT2D eigenvalue weighted by Gasteiger charge is 2.24. The van der Waals surface area contributed by atoms with Crippen molar-refractivity contribution in [3.05, 3.63) is 29.8 Å². The van der Waals surface area contributed by atoms with E-state index in [0.717, 1.165) is 31.7 Å². The lowest BCUT2D eigenvalue weighted by molar-refractivity contribution is 0.225. The molecule has 0 aromatic heterocycles. The van der Waals surface area contributed by atoms with Crippen molar-refractivity contribution < 1.29 is 9.94 Å². The average Bonchev–Trinajstić information content (AvgIpc) is 2.85. The molecule has 0 saturated carbocycles. The largest absolute Gasteiger partial charge is 0.488 e. The third kappa shape index (κ3) is 3.42. The van der Waals surface area contributed by atoms with E-state index < -0.39 is 0 Å². The summed E-state index contributed by atoms with van der Waals surface area (Å²) in [6.45, 7) is 5.54. The van der Waals surface area contributed by atoms with Crippen molar-refractivity contribution in [2.45, 2.75) is 32.8 Å². The van der Waals surface area contributed by atoms with Crippen molar-refractivity contribution in [3.63, 3.8) is 0 Å². The monoisotopic (exact) mass is 277 g/mol. The number of hydrogen-bond donors (Lipinski definition) is 3. The molecular weight excluding hydrogens is 254 g/mol. The Morgan fingerprint density at radius 1 is 1.50 bits per heavy atom. The van der Waals surface area contributed by atoms with E-state index in [0.29, 0.717) is 0 Å². The predicted octanol–water partition coefficient (Wildman–Crippen LogP) is 1.74. The first-order chi connectivity index (χ1) is 9.53. The molecule has 1 aromatic rings. The Morgan fingerprint density at radius 3 is 2.95 bits per heavy atom. The maximum absolute atomic E-state index is 8.72. The Balaban J connectivity index is 1.71. The van der Waals surface area contributed by atoms with E-state index >= 15 is 0 Å². The molecule has 5 nitrogen and oxygen atoms in total. The summed E-state index contributed by atoms with van der Waals surface area (Å²) < 4.78 is 5.86. The van der Waals surface area contributed by atoms with E-state index in [1.54, 1.807) is 0 Å². The lowest BCUT2D eigenvalue weighted by Crippen LogP contribution is -2.37. The van der Waals surface area contributed by atoms with Crippen molar-refractivity contribution in [2.24, 2.45) is 16.3 Å². The van der Waals surface area contributed by atoms with Crippen LogP contribution in [0.4, 0.5) is 0 Å². The summed E-state index contributed by atoms with van der Waals surface area (Å²) in [5.74, 6) is 1.26. The molecule has 0 saturated heterocycles. The molecule has 1 aromatic carbocycles. The topological polar surface area (TPSA) is 79.9 Å². The third-order valence-electron chi connectivity index (χ3n) is 3.81. The van der Waals surface area contributed by atoms with Crippen LogP contribution in [-0.2, 0) is 6.42 Å². The van der Waals surface area contributed by atoms with Gasteiger partial charge in [-0.2, -0.15) is 0 Å². The van der Waals surface area contributed by atoms with Crippen LogP contribution in [0.1, 0.15) is 25.8 Å². The van der Waals surface area contributed by atoms with Crippen LogP contribution in [0.3, 0.4) is 0 Å². The van der Waals surface area contributed by atoms with E-state index in [1.165, 1.54) is 5.56 Å². The SMILES string of the molecule is CC(C)(CCNCC1Cc2ccccc2O1)C(N)=NO. The molecule has 5 heteroatoms. The van der Waals surface area contributed by atoms with Gasteiger partial charge in [-0.25, -0.2) is 0 Å². The molecule has 0 aliphatic carbocycles. The minimum absolute atomic E-state index is 0.194. The maximum Gasteiger partial charge on any atom is 0.144 e.